The van der Waals surface area contributed by atoms with Crippen molar-refractivity contribution < 1.29 is 28.2 Å². The van der Waals surface area contributed by atoms with Crippen molar-refractivity contribution in [2.45, 2.75) is 12.5 Å². The van der Waals surface area contributed by atoms with Crippen LogP contribution < -0.4 is 19.6 Å². The molecule has 1 atom stereocenters. The Balaban J connectivity index is 1.60. The normalized spacial score (nSPS) is 17.9. The lowest BCUT2D eigenvalue weighted by atomic mass is 9.97. The van der Waals surface area contributed by atoms with Gasteiger partial charge in [0.2, 0.25) is 5.76 Å². The molecule has 2 aliphatic heterocycles. The summed E-state index contributed by atoms with van der Waals surface area (Å²) in [5.74, 6) is 1.46. The van der Waals surface area contributed by atoms with Crippen molar-refractivity contribution in [3.05, 3.63) is 63.5 Å². The number of methoxy groups -OCH3 is 3. The molecule has 1 saturated heterocycles. The van der Waals surface area contributed by atoms with Gasteiger partial charge in [0.25, 0.3) is 5.91 Å². The van der Waals surface area contributed by atoms with E-state index < -0.39 is 6.04 Å². The van der Waals surface area contributed by atoms with Crippen molar-refractivity contribution >= 4 is 16.9 Å². The first-order valence-electron chi connectivity index (χ1n) is 12.0. The average Bonchev–Trinajstić information content (AvgIpc) is 3.20. The Hall–Kier alpha value is -3.56. The van der Waals surface area contributed by atoms with Gasteiger partial charge in [-0.2, -0.15) is 0 Å². The second-order valence-electron chi connectivity index (χ2n) is 8.85. The van der Waals surface area contributed by atoms with E-state index in [1.165, 1.54) is 0 Å². The fourth-order valence-electron chi connectivity index (χ4n) is 5.02. The molecule has 2 aliphatic rings. The zero-order valence-corrected chi connectivity index (χ0v) is 20.7. The molecule has 9 nitrogen and oxygen atoms in total. The Labute approximate surface area is 209 Å². The minimum absolute atomic E-state index is 0.0574. The largest absolute Gasteiger partial charge is 0.497 e. The molecule has 0 N–H and O–H groups in total. The van der Waals surface area contributed by atoms with Crippen LogP contribution in [0.5, 0.6) is 17.2 Å². The minimum atomic E-state index is -0.662. The van der Waals surface area contributed by atoms with E-state index in [-0.39, 0.29) is 17.1 Å². The van der Waals surface area contributed by atoms with E-state index in [4.69, 9.17) is 23.4 Å². The van der Waals surface area contributed by atoms with Crippen LogP contribution in [-0.2, 0) is 4.74 Å². The van der Waals surface area contributed by atoms with Gasteiger partial charge in [-0.3, -0.25) is 14.5 Å². The summed E-state index contributed by atoms with van der Waals surface area (Å²) in [4.78, 5) is 31.6. The van der Waals surface area contributed by atoms with Gasteiger partial charge in [0.1, 0.15) is 22.8 Å². The quantitative estimate of drug-likeness (QED) is 0.472. The molecule has 9 heteroatoms. The second-order valence-corrected chi connectivity index (χ2v) is 8.85. The number of rotatable bonds is 8. The molecule has 190 valence electrons. The van der Waals surface area contributed by atoms with Crippen LogP contribution in [0, 0.1) is 0 Å². The van der Waals surface area contributed by atoms with Gasteiger partial charge in [-0.05, 0) is 36.8 Å². The molecule has 1 amide bonds. The Bertz CT molecular complexity index is 1330. The number of nitrogens with zero attached hydrogens (tertiary/aromatic N) is 2. The number of fused-ring (bicyclic) bond motifs is 2. The summed E-state index contributed by atoms with van der Waals surface area (Å²) in [5, 5.41) is 0.393. The number of carbonyl (C=O) groups is 1. The summed E-state index contributed by atoms with van der Waals surface area (Å²) in [7, 11) is 4.69. The molecule has 3 aromatic rings. The topological polar surface area (TPSA) is 90.7 Å². The molecular weight excluding hydrogens is 464 g/mol. The van der Waals surface area contributed by atoms with Crippen LogP contribution in [-0.4, -0.2) is 76.4 Å². The highest BCUT2D eigenvalue weighted by molar-refractivity contribution is 5.99. The molecule has 0 bridgehead atoms. The van der Waals surface area contributed by atoms with E-state index in [0.717, 1.165) is 26.1 Å². The molecule has 3 heterocycles. The van der Waals surface area contributed by atoms with Crippen molar-refractivity contribution in [1.29, 1.82) is 0 Å². The van der Waals surface area contributed by atoms with Gasteiger partial charge in [0.15, 0.2) is 5.43 Å². The highest BCUT2D eigenvalue weighted by Crippen LogP contribution is 2.43. The Kier molecular flexibility index (Phi) is 6.84. The molecular formula is C27H30N2O7. The van der Waals surface area contributed by atoms with Gasteiger partial charge in [-0.1, -0.05) is 0 Å². The summed E-state index contributed by atoms with van der Waals surface area (Å²) in [6, 6.07) is 9.75. The maximum absolute atomic E-state index is 13.8. The number of carbonyl (C=O) groups excluding carboxylic acids is 1. The molecule has 0 saturated carbocycles. The fraction of sp³-hybridized carbons (Fsp3) is 0.407. The van der Waals surface area contributed by atoms with Gasteiger partial charge in [-0.25, -0.2) is 0 Å². The van der Waals surface area contributed by atoms with Gasteiger partial charge in [-0.15, -0.1) is 0 Å². The fourth-order valence-corrected chi connectivity index (χ4v) is 5.02. The molecule has 2 aromatic carbocycles. The number of amides is 1. The number of ether oxygens (including phenoxy) is 4. The summed E-state index contributed by atoms with van der Waals surface area (Å²) in [5.41, 5.74) is 1.07. The third-order valence-electron chi connectivity index (χ3n) is 6.88. The monoisotopic (exact) mass is 494 g/mol. The molecule has 1 aromatic heterocycles. The SMILES string of the molecule is COc1ccc(OC)c(C2c3c(oc4cc(OC)ccc4c3=O)C(=O)N2CCCN2CCOCC2)c1. The first-order valence-corrected chi connectivity index (χ1v) is 12.0. The molecule has 5 rings (SSSR count). The van der Waals surface area contributed by atoms with Crippen LogP contribution in [0.25, 0.3) is 11.0 Å². The number of hydrogen-bond acceptors (Lipinski definition) is 8. The highest BCUT2D eigenvalue weighted by Gasteiger charge is 2.43. The molecule has 1 fully saturated rings. The third kappa shape index (κ3) is 4.29. The summed E-state index contributed by atoms with van der Waals surface area (Å²) < 4.78 is 27.9. The first-order chi connectivity index (χ1) is 17.5. The van der Waals surface area contributed by atoms with E-state index in [0.29, 0.717) is 59.1 Å². The maximum Gasteiger partial charge on any atom is 0.290 e. The zero-order chi connectivity index (χ0) is 25.2. The highest BCUT2D eigenvalue weighted by atomic mass is 16.5. The average molecular weight is 495 g/mol. The van der Waals surface area contributed by atoms with Gasteiger partial charge in [0, 0.05) is 37.8 Å². The Morgan fingerprint density at radius 1 is 0.917 bits per heavy atom. The Morgan fingerprint density at radius 2 is 1.64 bits per heavy atom. The molecule has 0 spiro atoms. The van der Waals surface area contributed by atoms with E-state index in [2.05, 4.69) is 4.90 Å². The smallest absolute Gasteiger partial charge is 0.290 e. The first kappa shape index (κ1) is 24.1. The summed E-state index contributed by atoms with van der Waals surface area (Å²) in [6.45, 7) is 4.44. The number of benzene rings is 2. The van der Waals surface area contributed by atoms with Gasteiger partial charge >= 0.3 is 0 Å². The third-order valence-corrected chi connectivity index (χ3v) is 6.88. The molecule has 0 aliphatic carbocycles. The summed E-state index contributed by atoms with van der Waals surface area (Å²) in [6.07, 6.45) is 0.740. The molecule has 1 unspecified atom stereocenters. The van der Waals surface area contributed by atoms with E-state index in [1.54, 1.807) is 56.6 Å². The lowest BCUT2D eigenvalue weighted by molar-refractivity contribution is 0.0353. The predicted molar refractivity (Wildman–Crippen MR) is 133 cm³/mol. The van der Waals surface area contributed by atoms with Crippen LogP contribution in [0.3, 0.4) is 0 Å². The van der Waals surface area contributed by atoms with Gasteiger partial charge in [0.05, 0.1) is 51.5 Å². The Morgan fingerprint density at radius 3 is 2.36 bits per heavy atom. The van der Waals surface area contributed by atoms with E-state index in [9.17, 15) is 9.59 Å². The minimum Gasteiger partial charge on any atom is -0.497 e. The van der Waals surface area contributed by atoms with Crippen molar-refractivity contribution in [2.75, 3.05) is 60.7 Å². The van der Waals surface area contributed by atoms with Crippen molar-refractivity contribution in [1.82, 2.24) is 9.80 Å². The number of morpholine rings is 1. The van der Waals surface area contributed by atoms with Crippen LogP contribution in [0.15, 0.2) is 45.6 Å². The van der Waals surface area contributed by atoms with Crippen LogP contribution >= 0.6 is 0 Å². The lowest BCUT2D eigenvalue weighted by Crippen LogP contribution is -2.39. The van der Waals surface area contributed by atoms with Crippen molar-refractivity contribution in [2.24, 2.45) is 0 Å². The van der Waals surface area contributed by atoms with Crippen LogP contribution in [0.1, 0.15) is 34.1 Å². The summed E-state index contributed by atoms with van der Waals surface area (Å²) >= 11 is 0. The van der Waals surface area contributed by atoms with Crippen molar-refractivity contribution in [3.63, 3.8) is 0 Å². The van der Waals surface area contributed by atoms with Gasteiger partial charge < -0.3 is 28.3 Å². The maximum atomic E-state index is 13.8. The lowest BCUT2D eigenvalue weighted by Gasteiger charge is -2.29. The second kappa shape index (κ2) is 10.2. The van der Waals surface area contributed by atoms with Crippen LogP contribution in [0.4, 0.5) is 0 Å². The van der Waals surface area contributed by atoms with E-state index >= 15 is 0 Å². The van der Waals surface area contributed by atoms with E-state index in [1.807, 2.05) is 6.07 Å². The standard InChI is InChI=1S/C27H30N2O7/c1-32-17-6-8-21(34-3)20(15-17)24-23-25(30)19-7-5-18(33-2)16-22(19)36-26(23)27(31)29(24)10-4-9-28-11-13-35-14-12-28/h5-8,15-16,24H,4,9-14H2,1-3H3. The number of hydrogen-bond donors (Lipinski definition) is 0. The predicted octanol–water partition coefficient (Wildman–Crippen LogP) is 3.09. The molecule has 36 heavy (non-hydrogen) atoms. The van der Waals surface area contributed by atoms with Crippen molar-refractivity contribution in [3.8, 4) is 17.2 Å². The molecule has 0 radical (unpaired) electrons. The zero-order valence-electron chi connectivity index (χ0n) is 20.7. The van der Waals surface area contributed by atoms with Crippen LogP contribution in [0.2, 0.25) is 0 Å².